The Bertz CT molecular complexity index is 587. The predicted octanol–water partition coefficient (Wildman–Crippen LogP) is 4.71. The lowest BCUT2D eigenvalue weighted by Gasteiger charge is -2.29. The Morgan fingerprint density at radius 2 is 1.91 bits per heavy atom. The highest BCUT2D eigenvalue weighted by molar-refractivity contribution is 5.80. The number of rotatable bonds is 6. The standard InChI is InChI=1S/C20H30O3/c1-12(2)18(21)8-7-11-22-19-14(4)15(5)20-17(16(19)6)10-9-13(3)23-20/h12-13H,7-11H2,1-6H3/t13-/m0/s1. The molecule has 0 amide bonds. The molecule has 3 heteroatoms. The summed E-state index contributed by atoms with van der Waals surface area (Å²) in [4.78, 5) is 11.7. The van der Waals surface area contributed by atoms with Crippen LogP contribution in [-0.2, 0) is 11.2 Å². The van der Waals surface area contributed by atoms with E-state index in [0.29, 0.717) is 18.8 Å². The lowest BCUT2D eigenvalue weighted by molar-refractivity contribution is -0.122. The quantitative estimate of drug-likeness (QED) is 0.713. The van der Waals surface area contributed by atoms with Crippen LogP contribution in [0, 0.1) is 26.7 Å². The molecule has 0 bridgehead atoms. The minimum absolute atomic E-state index is 0.114. The number of ketones is 1. The van der Waals surface area contributed by atoms with Gasteiger partial charge < -0.3 is 9.47 Å². The molecule has 0 aromatic heterocycles. The maximum atomic E-state index is 11.7. The molecule has 0 saturated carbocycles. The van der Waals surface area contributed by atoms with Gasteiger partial charge in [-0.3, -0.25) is 4.79 Å². The molecule has 128 valence electrons. The van der Waals surface area contributed by atoms with Crippen molar-refractivity contribution in [3.8, 4) is 11.5 Å². The third-order valence-corrected chi connectivity index (χ3v) is 4.89. The van der Waals surface area contributed by atoms with E-state index in [1.807, 2.05) is 13.8 Å². The minimum atomic E-state index is 0.114. The molecular formula is C20H30O3. The second-order valence-corrected chi connectivity index (χ2v) is 7.05. The summed E-state index contributed by atoms with van der Waals surface area (Å²) in [7, 11) is 0. The fraction of sp³-hybridized carbons (Fsp3) is 0.650. The molecule has 0 N–H and O–H groups in total. The van der Waals surface area contributed by atoms with Crippen molar-refractivity contribution < 1.29 is 14.3 Å². The Balaban J connectivity index is 2.11. The summed E-state index contributed by atoms with van der Waals surface area (Å²) < 4.78 is 12.1. The molecule has 3 nitrogen and oxygen atoms in total. The zero-order valence-corrected chi connectivity index (χ0v) is 15.4. The molecule has 0 unspecified atom stereocenters. The first-order valence-electron chi connectivity index (χ1n) is 8.77. The molecule has 1 aromatic rings. The van der Waals surface area contributed by atoms with Gasteiger partial charge in [-0.2, -0.15) is 0 Å². The number of carbonyl (C=O) groups excluding carboxylic acids is 1. The van der Waals surface area contributed by atoms with Crippen molar-refractivity contribution in [3.05, 3.63) is 22.3 Å². The largest absolute Gasteiger partial charge is 0.493 e. The Morgan fingerprint density at radius 1 is 1.22 bits per heavy atom. The van der Waals surface area contributed by atoms with Crippen molar-refractivity contribution >= 4 is 5.78 Å². The molecule has 0 radical (unpaired) electrons. The molecule has 1 aliphatic rings. The predicted molar refractivity (Wildman–Crippen MR) is 93.6 cm³/mol. The van der Waals surface area contributed by atoms with Gasteiger partial charge in [-0.25, -0.2) is 0 Å². The molecule has 1 aliphatic heterocycles. The molecule has 0 aliphatic carbocycles. The number of ether oxygens (including phenoxy) is 2. The van der Waals surface area contributed by atoms with Crippen molar-refractivity contribution in [2.45, 2.75) is 73.3 Å². The summed E-state index contributed by atoms with van der Waals surface area (Å²) in [6, 6.07) is 0. The van der Waals surface area contributed by atoms with Crippen LogP contribution < -0.4 is 9.47 Å². The molecule has 2 rings (SSSR count). The van der Waals surface area contributed by atoms with E-state index in [4.69, 9.17) is 9.47 Å². The van der Waals surface area contributed by atoms with Crippen molar-refractivity contribution in [2.24, 2.45) is 5.92 Å². The van der Waals surface area contributed by atoms with Crippen molar-refractivity contribution in [1.29, 1.82) is 0 Å². The molecule has 1 atom stereocenters. The van der Waals surface area contributed by atoms with Crippen LogP contribution >= 0.6 is 0 Å². The van der Waals surface area contributed by atoms with Crippen LogP contribution in [0.3, 0.4) is 0 Å². The number of carbonyl (C=O) groups is 1. The van der Waals surface area contributed by atoms with Crippen LogP contribution in [0.15, 0.2) is 0 Å². The average molecular weight is 318 g/mol. The Kier molecular flexibility index (Phi) is 5.72. The van der Waals surface area contributed by atoms with E-state index in [1.54, 1.807) is 0 Å². The monoisotopic (exact) mass is 318 g/mol. The number of benzene rings is 1. The highest BCUT2D eigenvalue weighted by Crippen LogP contribution is 2.41. The van der Waals surface area contributed by atoms with Gasteiger partial charge in [-0.05, 0) is 63.6 Å². The van der Waals surface area contributed by atoms with Crippen molar-refractivity contribution in [1.82, 2.24) is 0 Å². The third-order valence-electron chi connectivity index (χ3n) is 4.89. The van der Waals surface area contributed by atoms with E-state index in [1.165, 1.54) is 16.7 Å². The Morgan fingerprint density at radius 3 is 2.57 bits per heavy atom. The summed E-state index contributed by atoms with van der Waals surface area (Å²) in [6.07, 6.45) is 3.76. The van der Waals surface area contributed by atoms with Crippen LogP contribution in [0.25, 0.3) is 0 Å². The van der Waals surface area contributed by atoms with Gasteiger partial charge in [0.25, 0.3) is 0 Å². The second kappa shape index (κ2) is 7.37. The van der Waals surface area contributed by atoms with Gasteiger partial charge in [-0.15, -0.1) is 0 Å². The van der Waals surface area contributed by atoms with Crippen LogP contribution in [0.2, 0.25) is 0 Å². The van der Waals surface area contributed by atoms with E-state index in [9.17, 15) is 4.79 Å². The lowest BCUT2D eigenvalue weighted by atomic mass is 9.92. The zero-order chi connectivity index (χ0) is 17.1. The van der Waals surface area contributed by atoms with Crippen molar-refractivity contribution in [2.75, 3.05) is 6.61 Å². The first-order valence-corrected chi connectivity index (χ1v) is 8.77. The van der Waals surface area contributed by atoms with Gasteiger partial charge in [0.2, 0.25) is 0 Å². The maximum absolute atomic E-state index is 11.7. The first-order chi connectivity index (χ1) is 10.8. The Labute approximate surface area is 140 Å². The Hall–Kier alpha value is -1.51. The summed E-state index contributed by atoms with van der Waals surface area (Å²) >= 11 is 0. The normalized spacial score (nSPS) is 16.9. The number of fused-ring (bicyclic) bond motifs is 1. The van der Waals surface area contributed by atoms with Crippen LogP contribution in [0.5, 0.6) is 11.5 Å². The SMILES string of the molecule is Cc1c(C)c2c(c(C)c1OCCCC(=O)C(C)C)CC[C@H](C)O2. The number of Topliss-reactive ketones (excluding diaryl/α,β-unsaturated/α-hetero) is 1. The molecule has 0 spiro atoms. The minimum Gasteiger partial charge on any atom is -0.493 e. The third kappa shape index (κ3) is 3.88. The zero-order valence-electron chi connectivity index (χ0n) is 15.4. The molecule has 0 saturated heterocycles. The molecular weight excluding hydrogens is 288 g/mol. The fourth-order valence-corrected chi connectivity index (χ4v) is 3.15. The van der Waals surface area contributed by atoms with Crippen molar-refractivity contribution in [3.63, 3.8) is 0 Å². The highest BCUT2D eigenvalue weighted by atomic mass is 16.5. The van der Waals surface area contributed by atoms with E-state index in [0.717, 1.165) is 36.3 Å². The molecule has 1 heterocycles. The summed E-state index contributed by atoms with van der Waals surface area (Å²) in [6.45, 7) is 13.0. The molecule has 1 aromatic carbocycles. The fourth-order valence-electron chi connectivity index (χ4n) is 3.15. The van der Waals surface area contributed by atoms with E-state index < -0.39 is 0 Å². The van der Waals surface area contributed by atoms with Gasteiger partial charge in [0.05, 0.1) is 12.7 Å². The summed E-state index contributed by atoms with van der Waals surface area (Å²) in [5.41, 5.74) is 4.83. The van der Waals surface area contributed by atoms with Gasteiger partial charge in [0.1, 0.15) is 17.3 Å². The van der Waals surface area contributed by atoms with Gasteiger partial charge in [0, 0.05) is 17.9 Å². The summed E-state index contributed by atoms with van der Waals surface area (Å²) in [5.74, 6) is 2.46. The first kappa shape index (κ1) is 17.8. The topological polar surface area (TPSA) is 35.5 Å². The smallest absolute Gasteiger partial charge is 0.135 e. The average Bonchev–Trinajstić information content (AvgIpc) is 2.51. The number of hydrogen-bond donors (Lipinski definition) is 0. The lowest BCUT2D eigenvalue weighted by Crippen LogP contribution is -2.21. The van der Waals surface area contributed by atoms with E-state index >= 15 is 0 Å². The van der Waals surface area contributed by atoms with Crippen LogP contribution in [-0.4, -0.2) is 18.5 Å². The number of hydrogen-bond acceptors (Lipinski definition) is 3. The highest BCUT2D eigenvalue weighted by Gasteiger charge is 2.24. The molecule has 23 heavy (non-hydrogen) atoms. The van der Waals surface area contributed by atoms with Gasteiger partial charge >= 0.3 is 0 Å². The van der Waals surface area contributed by atoms with Gasteiger partial charge in [-0.1, -0.05) is 13.8 Å². The summed E-state index contributed by atoms with van der Waals surface area (Å²) in [5, 5.41) is 0. The van der Waals surface area contributed by atoms with Crippen LogP contribution in [0.1, 0.15) is 62.3 Å². The second-order valence-electron chi connectivity index (χ2n) is 7.05. The van der Waals surface area contributed by atoms with Crippen LogP contribution in [0.4, 0.5) is 0 Å². The van der Waals surface area contributed by atoms with Gasteiger partial charge in [0.15, 0.2) is 0 Å². The molecule has 0 fully saturated rings. The van der Waals surface area contributed by atoms with E-state index in [-0.39, 0.29) is 12.0 Å². The maximum Gasteiger partial charge on any atom is 0.135 e. The van der Waals surface area contributed by atoms with E-state index in [2.05, 4.69) is 27.7 Å².